The van der Waals surface area contributed by atoms with E-state index in [0.717, 1.165) is 25.3 Å². The first kappa shape index (κ1) is 16.9. The van der Waals surface area contributed by atoms with E-state index in [1.807, 2.05) is 0 Å². The van der Waals surface area contributed by atoms with Crippen molar-refractivity contribution in [2.45, 2.75) is 50.7 Å². The third-order valence-corrected chi connectivity index (χ3v) is 4.03. The number of hydrogen-bond acceptors (Lipinski definition) is 4. The number of benzene rings is 1. The zero-order chi connectivity index (χ0) is 16.9. The number of nitrogens with one attached hydrogen (secondary N) is 1. The second-order valence-corrected chi connectivity index (χ2v) is 5.77. The highest BCUT2D eigenvalue weighted by Gasteiger charge is 2.35. The third kappa shape index (κ3) is 4.07. The van der Waals surface area contributed by atoms with Crippen LogP contribution in [-0.4, -0.2) is 23.5 Å². The lowest BCUT2D eigenvalue weighted by Gasteiger charge is -2.32. The van der Waals surface area contributed by atoms with E-state index >= 15 is 0 Å². The summed E-state index contributed by atoms with van der Waals surface area (Å²) in [6.07, 6.45) is 2.85. The van der Waals surface area contributed by atoms with Crippen molar-refractivity contribution in [1.29, 1.82) is 5.26 Å². The van der Waals surface area contributed by atoms with Crippen molar-refractivity contribution in [3.05, 3.63) is 35.6 Å². The van der Waals surface area contributed by atoms with Gasteiger partial charge in [0.1, 0.15) is 11.4 Å². The van der Waals surface area contributed by atoms with Crippen molar-refractivity contribution in [2.24, 2.45) is 0 Å². The first-order valence-corrected chi connectivity index (χ1v) is 7.66. The summed E-state index contributed by atoms with van der Waals surface area (Å²) in [7, 11) is 0. The zero-order valence-corrected chi connectivity index (χ0v) is 13.0. The molecule has 1 N–H and O–H groups in total. The van der Waals surface area contributed by atoms with Crippen LogP contribution < -0.4 is 5.32 Å². The lowest BCUT2D eigenvalue weighted by molar-refractivity contribution is -0.130. The largest absolute Gasteiger partial charge is 0.449 e. The number of carbonyl (C=O) groups excluding carboxylic acids is 2. The highest BCUT2D eigenvalue weighted by Crippen LogP contribution is 2.27. The maximum atomic E-state index is 13.5. The molecule has 1 fully saturated rings. The monoisotopic (exact) mass is 318 g/mol. The minimum atomic E-state index is -1.10. The number of esters is 1. The molecule has 1 aliphatic rings. The predicted molar refractivity (Wildman–Crippen MR) is 80.8 cm³/mol. The summed E-state index contributed by atoms with van der Waals surface area (Å²) in [5, 5.41) is 12.0. The van der Waals surface area contributed by atoms with Crippen LogP contribution in [0.5, 0.6) is 0 Å². The molecule has 1 aromatic carbocycles. The molecule has 0 saturated heterocycles. The molecule has 0 bridgehead atoms. The molecule has 1 aromatic rings. The SMILES string of the molecule is C[C@@H](OC(=O)c1ccccc1F)C(=O)NC1(C#N)CCCCC1. The van der Waals surface area contributed by atoms with Crippen LogP contribution in [0.15, 0.2) is 24.3 Å². The van der Waals surface area contributed by atoms with Gasteiger partial charge >= 0.3 is 5.97 Å². The molecule has 1 aliphatic carbocycles. The van der Waals surface area contributed by atoms with E-state index in [9.17, 15) is 19.2 Å². The number of halogens is 1. The van der Waals surface area contributed by atoms with Crippen LogP contribution in [0.4, 0.5) is 4.39 Å². The molecule has 1 amide bonds. The molecule has 1 saturated carbocycles. The van der Waals surface area contributed by atoms with Gasteiger partial charge in [-0.15, -0.1) is 0 Å². The number of hydrogen-bond donors (Lipinski definition) is 1. The number of nitrogens with zero attached hydrogens (tertiary/aromatic N) is 1. The van der Waals surface area contributed by atoms with Gasteiger partial charge in [0.25, 0.3) is 5.91 Å². The van der Waals surface area contributed by atoms with E-state index in [1.165, 1.54) is 25.1 Å². The fraction of sp³-hybridized carbons (Fsp3) is 0.471. The van der Waals surface area contributed by atoms with Crippen molar-refractivity contribution in [1.82, 2.24) is 5.32 Å². The summed E-state index contributed by atoms with van der Waals surface area (Å²) in [5.41, 5.74) is -1.12. The molecule has 6 heteroatoms. The summed E-state index contributed by atoms with van der Waals surface area (Å²) in [4.78, 5) is 24.1. The van der Waals surface area contributed by atoms with Crippen molar-refractivity contribution in [3.63, 3.8) is 0 Å². The molecule has 0 spiro atoms. The molecule has 0 unspecified atom stereocenters. The van der Waals surface area contributed by atoms with E-state index in [2.05, 4.69) is 11.4 Å². The molecular weight excluding hydrogens is 299 g/mol. The van der Waals surface area contributed by atoms with Crippen LogP contribution in [0.3, 0.4) is 0 Å². The predicted octanol–water partition coefficient (Wildman–Crippen LogP) is 2.71. The van der Waals surface area contributed by atoms with Gasteiger partial charge in [-0.25, -0.2) is 9.18 Å². The van der Waals surface area contributed by atoms with Gasteiger partial charge in [0, 0.05) is 0 Å². The van der Waals surface area contributed by atoms with Crippen LogP contribution in [-0.2, 0) is 9.53 Å². The Labute approximate surface area is 134 Å². The molecule has 1 atom stereocenters. The Morgan fingerprint density at radius 1 is 1.30 bits per heavy atom. The van der Waals surface area contributed by atoms with Crippen molar-refractivity contribution < 1.29 is 18.7 Å². The second-order valence-electron chi connectivity index (χ2n) is 5.77. The van der Waals surface area contributed by atoms with E-state index in [0.29, 0.717) is 12.8 Å². The first-order valence-electron chi connectivity index (χ1n) is 7.66. The molecule has 5 nitrogen and oxygen atoms in total. The molecule has 0 aliphatic heterocycles. The van der Waals surface area contributed by atoms with E-state index in [-0.39, 0.29) is 5.56 Å². The first-order chi connectivity index (χ1) is 11.0. The highest BCUT2D eigenvalue weighted by molar-refractivity contribution is 5.92. The molecule has 0 heterocycles. The maximum absolute atomic E-state index is 13.5. The van der Waals surface area contributed by atoms with Gasteiger partial charge in [-0.1, -0.05) is 31.4 Å². The van der Waals surface area contributed by atoms with Gasteiger partial charge in [-0.05, 0) is 31.9 Å². The van der Waals surface area contributed by atoms with Crippen LogP contribution in [0.2, 0.25) is 0 Å². The highest BCUT2D eigenvalue weighted by atomic mass is 19.1. The van der Waals surface area contributed by atoms with Crippen LogP contribution in [0.25, 0.3) is 0 Å². The summed E-state index contributed by atoms with van der Waals surface area (Å²) < 4.78 is 18.5. The Bertz CT molecular complexity index is 633. The number of carbonyl (C=O) groups is 2. The molecule has 122 valence electrons. The number of amides is 1. The van der Waals surface area contributed by atoms with Gasteiger partial charge in [-0.2, -0.15) is 5.26 Å². The van der Waals surface area contributed by atoms with Gasteiger partial charge in [-0.3, -0.25) is 4.79 Å². The zero-order valence-electron chi connectivity index (χ0n) is 13.0. The average molecular weight is 318 g/mol. The molecule has 2 rings (SSSR count). The Balaban J connectivity index is 1.99. The number of ether oxygens (including phenoxy) is 1. The Morgan fingerprint density at radius 3 is 2.57 bits per heavy atom. The fourth-order valence-electron chi connectivity index (χ4n) is 2.66. The smallest absolute Gasteiger partial charge is 0.341 e. The topological polar surface area (TPSA) is 79.2 Å². The number of rotatable bonds is 4. The number of nitriles is 1. The van der Waals surface area contributed by atoms with E-state index < -0.39 is 29.3 Å². The molecule has 23 heavy (non-hydrogen) atoms. The summed E-state index contributed by atoms with van der Waals surface area (Å²) in [6.45, 7) is 1.40. The van der Waals surface area contributed by atoms with Crippen molar-refractivity contribution in [3.8, 4) is 6.07 Å². The normalized spacial score (nSPS) is 17.6. The second kappa shape index (κ2) is 7.23. The van der Waals surface area contributed by atoms with Gasteiger partial charge < -0.3 is 10.1 Å². The van der Waals surface area contributed by atoms with Crippen molar-refractivity contribution in [2.75, 3.05) is 0 Å². The minimum Gasteiger partial charge on any atom is -0.449 e. The Hall–Kier alpha value is -2.42. The lowest BCUT2D eigenvalue weighted by Crippen LogP contribution is -2.52. The van der Waals surface area contributed by atoms with Crippen molar-refractivity contribution >= 4 is 11.9 Å². The summed E-state index contributed by atoms with van der Waals surface area (Å²) in [5.74, 6) is -2.15. The van der Waals surface area contributed by atoms with Gasteiger partial charge in [0.05, 0.1) is 11.6 Å². The Morgan fingerprint density at radius 2 is 1.96 bits per heavy atom. The maximum Gasteiger partial charge on any atom is 0.341 e. The lowest BCUT2D eigenvalue weighted by atomic mass is 9.83. The average Bonchev–Trinajstić information content (AvgIpc) is 2.55. The molecular formula is C17H19FN2O3. The molecule has 0 radical (unpaired) electrons. The van der Waals surface area contributed by atoms with Crippen LogP contribution >= 0.6 is 0 Å². The van der Waals surface area contributed by atoms with Gasteiger partial charge in [0.15, 0.2) is 6.10 Å². The van der Waals surface area contributed by atoms with E-state index in [4.69, 9.17) is 4.74 Å². The minimum absolute atomic E-state index is 0.222. The quantitative estimate of drug-likeness (QED) is 0.866. The summed E-state index contributed by atoms with van der Waals surface area (Å²) >= 11 is 0. The summed E-state index contributed by atoms with van der Waals surface area (Å²) in [6, 6.07) is 7.57. The standard InChI is InChI=1S/C17H19FN2O3/c1-12(23-16(22)13-7-3-4-8-14(13)18)15(21)20-17(11-19)9-5-2-6-10-17/h3-4,7-8,12H,2,5-6,9-10H2,1H3,(H,20,21)/t12-/m1/s1. The van der Waals surface area contributed by atoms with Gasteiger partial charge in [0.2, 0.25) is 0 Å². The fourth-order valence-corrected chi connectivity index (χ4v) is 2.66. The Kier molecular flexibility index (Phi) is 5.32. The third-order valence-electron chi connectivity index (χ3n) is 4.03. The van der Waals surface area contributed by atoms with Crippen LogP contribution in [0.1, 0.15) is 49.4 Å². The van der Waals surface area contributed by atoms with E-state index in [1.54, 1.807) is 0 Å². The molecule has 0 aromatic heterocycles. The van der Waals surface area contributed by atoms with Crippen LogP contribution in [0, 0.1) is 17.1 Å².